The molecule has 6 heteroatoms. The zero-order valence-corrected chi connectivity index (χ0v) is 14.5. The summed E-state index contributed by atoms with van der Waals surface area (Å²) >= 11 is 0. The second kappa shape index (κ2) is 5.62. The van der Waals surface area contributed by atoms with Crippen LogP contribution in [0.2, 0.25) is 45.8 Å². The van der Waals surface area contributed by atoms with Crippen LogP contribution < -0.4 is 0 Å². The third-order valence-electron chi connectivity index (χ3n) is 1.99. The van der Waals surface area contributed by atoms with Crippen LogP contribution in [0.3, 0.4) is 0 Å². The van der Waals surface area contributed by atoms with E-state index in [0.29, 0.717) is 0 Å². The molecule has 1 unspecified atom stereocenters. The third kappa shape index (κ3) is 5.97. The number of hydrogen-bond donors (Lipinski definition) is 0. The van der Waals surface area contributed by atoms with Gasteiger partial charge in [0, 0.05) is 0 Å². The maximum Gasteiger partial charge on any atom is 0.187 e. The predicted molar refractivity (Wildman–Crippen MR) is 70.4 cm³/mol. The van der Waals surface area contributed by atoms with E-state index in [9.17, 15) is 0 Å². The highest BCUT2D eigenvalue weighted by Gasteiger charge is 2.33. The Morgan fingerprint density at radius 1 is 0.846 bits per heavy atom. The highest BCUT2D eigenvalue weighted by Crippen LogP contribution is 2.12. The minimum atomic E-state index is -1.42. The summed E-state index contributed by atoms with van der Waals surface area (Å²) in [6.45, 7) is 16.0. The van der Waals surface area contributed by atoms with E-state index in [0.717, 1.165) is 0 Å². The Kier molecular flexibility index (Phi) is 5.96. The summed E-state index contributed by atoms with van der Waals surface area (Å²) < 4.78 is 12.2. The summed E-state index contributed by atoms with van der Waals surface area (Å²) in [5.41, 5.74) is 0. The quantitative estimate of drug-likeness (QED) is 0.693. The fraction of sp³-hybridized carbons (Fsp3) is 1.00. The second-order valence-electron chi connectivity index (χ2n) is 4.60. The van der Waals surface area contributed by atoms with Gasteiger partial charge in [0.2, 0.25) is 0 Å². The van der Waals surface area contributed by atoms with Crippen molar-refractivity contribution in [2.24, 2.45) is 0 Å². The lowest BCUT2D eigenvalue weighted by atomic mass is 11.9. The van der Waals surface area contributed by atoms with Crippen molar-refractivity contribution in [1.82, 2.24) is 0 Å². The van der Waals surface area contributed by atoms with Crippen LogP contribution in [-0.4, -0.2) is 34.5 Å². The standard InChI is InChI=1S/C7H24O2Si4/c1-10(2)8-12(5)13(6,7)9-11(3)4/h10-12H,1-7H3. The fourth-order valence-corrected chi connectivity index (χ4v) is 21.1. The average Bonchev–Trinajstić information content (AvgIpc) is 1.81. The number of rotatable bonds is 5. The molecule has 0 bridgehead atoms. The van der Waals surface area contributed by atoms with Crippen molar-refractivity contribution >= 4 is 34.5 Å². The molecule has 80 valence electrons. The Morgan fingerprint density at radius 2 is 1.31 bits per heavy atom. The molecule has 0 aromatic rings. The highest BCUT2D eigenvalue weighted by molar-refractivity contribution is 7.28. The van der Waals surface area contributed by atoms with E-state index in [4.69, 9.17) is 8.23 Å². The number of hydrogen-bond acceptors (Lipinski definition) is 2. The van der Waals surface area contributed by atoms with Gasteiger partial charge in [-0.25, -0.2) is 0 Å². The van der Waals surface area contributed by atoms with Crippen LogP contribution >= 0.6 is 0 Å². The first-order valence-electron chi connectivity index (χ1n) is 5.09. The molecule has 1 atom stereocenters. The summed E-state index contributed by atoms with van der Waals surface area (Å²) in [5.74, 6) is 0. The zero-order chi connectivity index (χ0) is 10.6. The van der Waals surface area contributed by atoms with Crippen molar-refractivity contribution in [1.29, 1.82) is 0 Å². The highest BCUT2D eigenvalue weighted by atomic mass is 29.3. The van der Waals surface area contributed by atoms with Gasteiger partial charge in [-0.2, -0.15) is 0 Å². The van der Waals surface area contributed by atoms with Gasteiger partial charge in [0.1, 0.15) is 0 Å². The van der Waals surface area contributed by atoms with Crippen molar-refractivity contribution in [2.45, 2.75) is 45.8 Å². The Labute approximate surface area is 88.8 Å². The Morgan fingerprint density at radius 3 is 1.62 bits per heavy atom. The summed E-state index contributed by atoms with van der Waals surface area (Å²) in [6.07, 6.45) is 0. The molecule has 0 aliphatic rings. The zero-order valence-electron chi connectivity index (χ0n) is 10.0. The molecule has 2 nitrogen and oxygen atoms in total. The van der Waals surface area contributed by atoms with E-state index >= 15 is 0 Å². The molecule has 13 heavy (non-hydrogen) atoms. The molecular formula is C7H24O2Si4. The van der Waals surface area contributed by atoms with Crippen LogP contribution in [0.1, 0.15) is 0 Å². The van der Waals surface area contributed by atoms with Crippen LogP contribution in [0.5, 0.6) is 0 Å². The monoisotopic (exact) mass is 252 g/mol. The fourth-order valence-electron chi connectivity index (χ4n) is 1.28. The van der Waals surface area contributed by atoms with Gasteiger partial charge in [0.15, 0.2) is 34.5 Å². The SMILES string of the molecule is C[SiH](C)O[SiH](C)[Si](C)(C)O[SiH](C)C. The molecule has 0 fully saturated rings. The first-order chi connectivity index (χ1) is 5.75. The average molecular weight is 253 g/mol. The summed E-state index contributed by atoms with van der Waals surface area (Å²) in [7, 11) is -4.14. The van der Waals surface area contributed by atoms with Crippen LogP contribution in [0.15, 0.2) is 0 Å². The Balaban J connectivity index is 4.10. The minimum absolute atomic E-state index is 0.842. The summed E-state index contributed by atoms with van der Waals surface area (Å²) in [6, 6.07) is 0. The molecule has 0 radical (unpaired) electrons. The van der Waals surface area contributed by atoms with Gasteiger partial charge < -0.3 is 8.23 Å². The molecule has 0 saturated heterocycles. The van der Waals surface area contributed by atoms with E-state index in [1.807, 2.05) is 0 Å². The molecule has 0 spiro atoms. The minimum Gasteiger partial charge on any atom is -0.461 e. The molecule has 0 aliphatic carbocycles. The third-order valence-corrected chi connectivity index (χ3v) is 20.4. The molecule has 0 aromatic carbocycles. The van der Waals surface area contributed by atoms with Crippen molar-refractivity contribution in [3.05, 3.63) is 0 Å². The molecule has 0 amide bonds. The van der Waals surface area contributed by atoms with Crippen LogP contribution in [0.25, 0.3) is 0 Å². The maximum atomic E-state index is 6.14. The molecule has 0 rings (SSSR count). The lowest BCUT2D eigenvalue weighted by Crippen LogP contribution is -2.52. The van der Waals surface area contributed by atoms with E-state index in [1.54, 1.807) is 0 Å². The van der Waals surface area contributed by atoms with Crippen molar-refractivity contribution in [3.8, 4) is 0 Å². The summed E-state index contributed by atoms with van der Waals surface area (Å²) in [5, 5.41) is 0. The molecule has 0 heterocycles. The van der Waals surface area contributed by atoms with Crippen molar-refractivity contribution in [2.75, 3.05) is 0 Å². The first kappa shape index (κ1) is 13.8. The molecule has 0 N–H and O–H groups in total. The summed E-state index contributed by atoms with van der Waals surface area (Å²) in [4.78, 5) is 0. The van der Waals surface area contributed by atoms with Crippen LogP contribution in [0.4, 0.5) is 0 Å². The van der Waals surface area contributed by atoms with Gasteiger partial charge in [0.05, 0.1) is 0 Å². The van der Waals surface area contributed by atoms with Gasteiger partial charge >= 0.3 is 0 Å². The largest absolute Gasteiger partial charge is 0.461 e. The van der Waals surface area contributed by atoms with Gasteiger partial charge in [-0.3, -0.25) is 0 Å². The van der Waals surface area contributed by atoms with Gasteiger partial charge in [-0.1, -0.05) is 0 Å². The predicted octanol–water partition coefficient (Wildman–Crippen LogP) is 1.62. The first-order valence-corrected chi connectivity index (χ1v) is 17.0. The van der Waals surface area contributed by atoms with E-state index in [-0.39, 0.29) is 0 Å². The van der Waals surface area contributed by atoms with Crippen molar-refractivity contribution < 1.29 is 8.23 Å². The Bertz CT molecular complexity index is 149. The normalized spacial score (nSPS) is 15.5. The van der Waals surface area contributed by atoms with Gasteiger partial charge in [0.25, 0.3) is 0 Å². The van der Waals surface area contributed by atoms with E-state index < -0.39 is 34.5 Å². The maximum absolute atomic E-state index is 6.14. The van der Waals surface area contributed by atoms with Gasteiger partial charge in [-0.15, -0.1) is 0 Å². The Hall–Kier alpha value is 0.788. The molecule has 0 saturated carbocycles. The molecule has 0 aliphatic heterocycles. The second-order valence-corrected chi connectivity index (χ2v) is 21.9. The molecular weight excluding hydrogens is 228 g/mol. The topological polar surface area (TPSA) is 18.5 Å². The molecule has 0 aromatic heterocycles. The van der Waals surface area contributed by atoms with Crippen LogP contribution in [-0.2, 0) is 8.23 Å². The lowest BCUT2D eigenvalue weighted by Gasteiger charge is -2.31. The van der Waals surface area contributed by atoms with Crippen LogP contribution in [0, 0.1) is 0 Å². The van der Waals surface area contributed by atoms with Gasteiger partial charge in [-0.05, 0) is 45.8 Å². The van der Waals surface area contributed by atoms with E-state index in [1.165, 1.54) is 0 Å². The van der Waals surface area contributed by atoms with E-state index in [2.05, 4.69) is 45.8 Å². The van der Waals surface area contributed by atoms with Crippen molar-refractivity contribution in [3.63, 3.8) is 0 Å². The smallest absolute Gasteiger partial charge is 0.187 e. The lowest BCUT2D eigenvalue weighted by molar-refractivity contribution is 0.561.